The van der Waals surface area contributed by atoms with Gasteiger partial charge in [-0.2, -0.15) is 0 Å². The quantitative estimate of drug-likeness (QED) is 0.741. The third-order valence-corrected chi connectivity index (χ3v) is 5.22. The fourth-order valence-corrected chi connectivity index (χ4v) is 4.24. The zero-order chi connectivity index (χ0) is 13.1. The molecule has 3 atom stereocenters. The number of aryl methyl sites for hydroxylation is 1. The first kappa shape index (κ1) is 13.2. The lowest BCUT2D eigenvalue weighted by atomic mass is 9.85. The number of nitrogens with one attached hydrogen (secondary N) is 1. The molecule has 19 heavy (non-hydrogen) atoms. The fourth-order valence-electron chi connectivity index (χ4n) is 4.24. The lowest BCUT2D eigenvalue weighted by molar-refractivity contribution is 0.306. The minimum atomic E-state index is 0.700. The normalized spacial score (nSPS) is 29.2. The molecule has 1 aromatic rings. The second-order valence-corrected chi connectivity index (χ2v) is 6.57. The predicted octanol–water partition coefficient (Wildman–Crippen LogP) is 3.06. The van der Waals surface area contributed by atoms with Crippen molar-refractivity contribution in [2.75, 3.05) is 6.54 Å². The number of aromatic nitrogens is 2. The molecule has 1 aromatic heterocycles. The van der Waals surface area contributed by atoms with E-state index in [1.165, 1.54) is 44.2 Å². The second kappa shape index (κ2) is 6.08. The maximum atomic E-state index is 5.54. The molecule has 1 heterocycles. The van der Waals surface area contributed by atoms with Crippen LogP contribution in [-0.4, -0.2) is 16.5 Å². The molecule has 0 saturated heterocycles. The van der Waals surface area contributed by atoms with E-state index in [0.29, 0.717) is 6.54 Å². The molecule has 0 spiro atoms. The number of nitrogens with two attached hydrogens (primary N) is 1. The van der Waals surface area contributed by atoms with Gasteiger partial charge in [0.25, 0.3) is 0 Å². The van der Waals surface area contributed by atoms with Crippen LogP contribution in [0.25, 0.3) is 0 Å². The van der Waals surface area contributed by atoms with Gasteiger partial charge in [-0.05, 0) is 50.0 Å². The molecule has 2 bridgehead atoms. The van der Waals surface area contributed by atoms with Gasteiger partial charge in [0.15, 0.2) is 0 Å². The van der Waals surface area contributed by atoms with Crippen molar-refractivity contribution >= 4 is 0 Å². The van der Waals surface area contributed by atoms with Gasteiger partial charge >= 0.3 is 0 Å². The van der Waals surface area contributed by atoms with Crippen LogP contribution in [0.1, 0.15) is 56.5 Å². The number of hydrogen-bond acceptors (Lipinski definition) is 2. The highest BCUT2D eigenvalue weighted by Gasteiger charge is 2.38. The molecular weight excluding hydrogens is 234 g/mol. The number of fused-ring (bicyclic) bond motifs is 2. The van der Waals surface area contributed by atoms with E-state index in [4.69, 9.17) is 5.73 Å². The first-order valence-corrected chi connectivity index (χ1v) is 8.08. The molecule has 3 nitrogen and oxygen atoms in total. The van der Waals surface area contributed by atoms with E-state index < -0.39 is 0 Å². The van der Waals surface area contributed by atoms with E-state index in [2.05, 4.69) is 9.97 Å². The zero-order valence-electron chi connectivity index (χ0n) is 11.9. The van der Waals surface area contributed by atoms with Gasteiger partial charge < -0.3 is 10.7 Å². The first-order chi connectivity index (χ1) is 9.35. The molecule has 3 heteroatoms. The Bertz CT molecular complexity index is 398. The molecule has 2 fully saturated rings. The Morgan fingerprint density at radius 1 is 1.21 bits per heavy atom. The molecule has 1 unspecified atom stereocenters. The van der Waals surface area contributed by atoms with Crippen LogP contribution in [-0.2, 0) is 12.8 Å². The lowest BCUT2D eigenvalue weighted by Gasteiger charge is -2.21. The Labute approximate surface area is 116 Å². The average molecular weight is 261 g/mol. The average Bonchev–Trinajstić information content (AvgIpc) is 3.11. The van der Waals surface area contributed by atoms with Gasteiger partial charge in [-0.25, -0.2) is 4.98 Å². The van der Waals surface area contributed by atoms with E-state index >= 15 is 0 Å². The highest BCUT2D eigenvalue weighted by molar-refractivity contribution is 5.01. The van der Waals surface area contributed by atoms with Gasteiger partial charge in [0.1, 0.15) is 5.82 Å². The Kier molecular flexibility index (Phi) is 4.21. The summed E-state index contributed by atoms with van der Waals surface area (Å²) in [5.74, 6) is 4.39. The predicted molar refractivity (Wildman–Crippen MR) is 77.8 cm³/mol. The maximum absolute atomic E-state index is 5.54. The van der Waals surface area contributed by atoms with E-state index in [9.17, 15) is 0 Å². The minimum Gasteiger partial charge on any atom is -0.346 e. The standard InChI is InChI=1S/C16H27N3/c17-8-7-15-11-18-16(19-15)4-2-1-3-13-9-12-5-6-14(13)10-12/h11-14H,1-10,17H2,(H,18,19)/t12-,13?,14-/m0/s1. The Morgan fingerprint density at radius 3 is 2.89 bits per heavy atom. The molecular formula is C16H27N3. The molecule has 2 aliphatic rings. The second-order valence-electron chi connectivity index (χ2n) is 6.57. The summed E-state index contributed by atoms with van der Waals surface area (Å²) in [6.45, 7) is 0.700. The largest absolute Gasteiger partial charge is 0.346 e. The lowest BCUT2D eigenvalue weighted by Crippen LogP contribution is -2.10. The molecule has 2 saturated carbocycles. The maximum Gasteiger partial charge on any atom is 0.106 e. The van der Waals surface area contributed by atoms with Crippen molar-refractivity contribution < 1.29 is 0 Å². The number of H-pyrrole nitrogens is 1. The Morgan fingerprint density at radius 2 is 2.16 bits per heavy atom. The molecule has 106 valence electrons. The van der Waals surface area contributed by atoms with E-state index in [-0.39, 0.29) is 0 Å². The summed E-state index contributed by atoms with van der Waals surface area (Å²) in [4.78, 5) is 7.81. The molecule has 0 radical (unpaired) electrons. The number of nitrogens with zero attached hydrogens (tertiary/aromatic N) is 1. The van der Waals surface area contributed by atoms with Crippen LogP contribution in [0.15, 0.2) is 6.20 Å². The highest BCUT2D eigenvalue weighted by Crippen LogP contribution is 2.49. The van der Waals surface area contributed by atoms with Gasteiger partial charge in [-0.15, -0.1) is 0 Å². The van der Waals surface area contributed by atoms with Crippen LogP contribution in [0, 0.1) is 17.8 Å². The number of rotatable bonds is 7. The number of aromatic amines is 1. The minimum absolute atomic E-state index is 0.700. The van der Waals surface area contributed by atoms with Crippen molar-refractivity contribution in [3.8, 4) is 0 Å². The van der Waals surface area contributed by atoms with E-state index in [1.807, 2.05) is 6.20 Å². The van der Waals surface area contributed by atoms with Crippen molar-refractivity contribution in [2.45, 2.75) is 57.8 Å². The molecule has 3 rings (SSSR count). The number of hydrogen-bond donors (Lipinski definition) is 2. The van der Waals surface area contributed by atoms with Gasteiger partial charge in [-0.1, -0.05) is 19.3 Å². The van der Waals surface area contributed by atoms with Gasteiger partial charge in [0.05, 0.1) is 0 Å². The fraction of sp³-hybridized carbons (Fsp3) is 0.812. The third kappa shape index (κ3) is 3.19. The summed E-state index contributed by atoms with van der Waals surface area (Å²) >= 11 is 0. The van der Waals surface area contributed by atoms with Crippen LogP contribution in [0.3, 0.4) is 0 Å². The van der Waals surface area contributed by atoms with Crippen molar-refractivity contribution in [1.29, 1.82) is 0 Å². The van der Waals surface area contributed by atoms with Crippen LogP contribution >= 0.6 is 0 Å². The molecule has 0 amide bonds. The molecule has 2 aliphatic carbocycles. The van der Waals surface area contributed by atoms with Crippen LogP contribution in [0.5, 0.6) is 0 Å². The van der Waals surface area contributed by atoms with Gasteiger partial charge in [0, 0.05) is 24.7 Å². The summed E-state index contributed by atoms with van der Waals surface area (Å²) in [5, 5.41) is 0. The van der Waals surface area contributed by atoms with E-state index in [0.717, 1.165) is 36.4 Å². The topological polar surface area (TPSA) is 54.7 Å². The van der Waals surface area contributed by atoms with Crippen molar-refractivity contribution in [1.82, 2.24) is 9.97 Å². The number of imidazole rings is 1. The summed E-state index contributed by atoms with van der Waals surface area (Å²) in [6, 6.07) is 0. The van der Waals surface area contributed by atoms with Gasteiger partial charge in [-0.3, -0.25) is 0 Å². The molecule has 3 N–H and O–H groups in total. The molecule has 0 aromatic carbocycles. The first-order valence-electron chi connectivity index (χ1n) is 8.08. The smallest absolute Gasteiger partial charge is 0.106 e. The summed E-state index contributed by atoms with van der Waals surface area (Å²) < 4.78 is 0. The number of unbranched alkanes of at least 4 members (excludes halogenated alkanes) is 1. The third-order valence-electron chi connectivity index (χ3n) is 5.22. The van der Waals surface area contributed by atoms with Crippen molar-refractivity contribution in [3.05, 3.63) is 17.7 Å². The van der Waals surface area contributed by atoms with E-state index in [1.54, 1.807) is 6.42 Å². The van der Waals surface area contributed by atoms with Crippen molar-refractivity contribution in [3.63, 3.8) is 0 Å². The Balaban J connectivity index is 1.34. The SMILES string of the molecule is NCCc1cnc(CCCCC2C[C@@H]3CC[C@H]2C3)[nH]1. The van der Waals surface area contributed by atoms with Crippen LogP contribution < -0.4 is 5.73 Å². The molecule has 0 aliphatic heterocycles. The summed E-state index contributed by atoms with van der Waals surface area (Å²) in [5.41, 5.74) is 6.73. The Hall–Kier alpha value is -0.830. The summed E-state index contributed by atoms with van der Waals surface area (Å²) in [7, 11) is 0. The highest BCUT2D eigenvalue weighted by atomic mass is 14.9. The summed E-state index contributed by atoms with van der Waals surface area (Å²) in [6.07, 6.45) is 14.2. The van der Waals surface area contributed by atoms with Gasteiger partial charge in [0.2, 0.25) is 0 Å². The van der Waals surface area contributed by atoms with Crippen LogP contribution in [0.4, 0.5) is 0 Å². The zero-order valence-corrected chi connectivity index (χ0v) is 11.9. The van der Waals surface area contributed by atoms with Crippen molar-refractivity contribution in [2.24, 2.45) is 23.5 Å². The van der Waals surface area contributed by atoms with Crippen LogP contribution in [0.2, 0.25) is 0 Å². The monoisotopic (exact) mass is 261 g/mol.